The van der Waals surface area contributed by atoms with Crippen LogP contribution in [0.4, 0.5) is 0 Å². The summed E-state index contributed by atoms with van der Waals surface area (Å²) in [7, 11) is 0. The van der Waals surface area contributed by atoms with Crippen LogP contribution in [0, 0.1) is 5.41 Å². The maximum Gasteiger partial charge on any atom is 0.0153 e. The normalized spacial score (nSPS) is 18.2. The van der Waals surface area contributed by atoms with Crippen molar-refractivity contribution in [1.29, 1.82) is 0 Å². The number of benzene rings is 5. The van der Waals surface area contributed by atoms with Crippen LogP contribution in [0.3, 0.4) is 0 Å². The molecule has 1 unspecified atom stereocenters. The fourth-order valence-corrected chi connectivity index (χ4v) is 6.18. The molecule has 5 aromatic rings. The number of hydrogen-bond acceptors (Lipinski definition) is 0. The molecule has 0 N–H and O–H groups in total. The lowest BCUT2D eigenvalue weighted by Crippen LogP contribution is -2.17. The van der Waals surface area contributed by atoms with Crippen LogP contribution < -0.4 is 0 Å². The van der Waals surface area contributed by atoms with E-state index < -0.39 is 0 Å². The Morgan fingerprint density at radius 3 is 1.89 bits per heavy atom. The first-order valence-corrected chi connectivity index (χ1v) is 13.3. The van der Waals surface area contributed by atoms with Crippen molar-refractivity contribution in [3.63, 3.8) is 0 Å². The molecule has 0 nitrogen and oxygen atoms in total. The average Bonchev–Trinajstić information content (AvgIpc) is 3.15. The minimum Gasteiger partial charge on any atom is -0.125 e. The first-order valence-electron chi connectivity index (χ1n) is 13.3. The summed E-state index contributed by atoms with van der Waals surface area (Å²) in [6.45, 7) is 2.33. The van der Waals surface area contributed by atoms with Crippen molar-refractivity contribution in [2.24, 2.45) is 5.41 Å². The SMILES string of the molecule is CC12C=CC=CC1=C(c1ccc3c(-c4ccccc4)c4ccccc4c(-c4ccccc4)c3c1)C=C=CC2. The molecule has 0 heteroatoms. The second kappa shape index (κ2) is 9.03. The van der Waals surface area contributed by atoms with Crippen molar-refractivity contribution in [1.82, 2.24) is 0 Å². The third-order valence-electron chi connectivity index (χ3n) is 8.08. The molecule has 0 amide bonds. The molecule has 0 bridgehead atoms. The largest absolute Gasteiger partial charge is 0.125 e. The first-order chi connectivity index (χ1) is 18.7. The number of allylic oxidation sites excluding steroid dienone is 7. The van der Waals surface area contributed by atoms with Crippen LogP contribution in [-0.4, -0.2) is 0 Å². The first kappa shape index (κ1) is 22.5. The fourth-order valence-electron chi connectivity index (χ4n) is 6.18. The molecular formula is C38H28. The Balaban J connectivity index is 1.62. The third kappa shape index (κ3) is 3.62. The molecular weight excluding hydrogens is 456 g/mol. The van der Waals surface area contributed by atoms with Crippen LogP contribution in [0.5, 0.6) is 0 Å². The second-order valence-electron chi connectivity index (χ2n) is 10.5. The van der Waals surface area contributed by atoms with Gasteiger partial charge in [0.1, 0.15) is 0 Å². The Kier molecular flexibility index (Phi) is 5.36. The lowest BCUT2D eigenvalue weighted by atomic mass is 9.74. The Bertz CT molecular complexity index is 1860. The van der Waals surface area contributed by atoms with E-state index in [-0.39, 0.29) is 5.41 Å². The van der Waals surface area contributed by atoms with Crippen LogP contribution in [0.1, 0.15) is 18.9 Å². The Morgan fingerprint density at radius 1 is 0.605 bits per heavy atom. The Labute approximate surface area is 224 Å². The van der Waals surface area contributed by atoms with Gasteiger partial charge in [0.15, 0.2) is 0 Å². The molecule has 0 radical (unpaired) electrons. The quantitative estimate of drug-likeness (QED) is 0.176. The van der Waals surface area contributed by atoms with Crippen LogP contribution in [0.2, 0.25) is 0 Å². The summed E-state index contributed by atoms with van der Waals surface area (Å²) in [5.74, 6) is 0. The lowest BCUT2D eigenvalue weighted by molar-refractivity contribution is 0.536. The maximum absolute atomic E-state index is 3.46. The van der Waals surface area contributed by atoms with E-state index in [1.54, 1.807) is 0 Å². The molecule has 0 aromatic heterocycles. The van der Waals surface area contributed by atoms with Gasteiger partial charge in [-0.25, -0.2) is 0 Å². The summed E-state index contributed by atoms with van der Waals surface area (Å²) in [6, 6.07) is 37.6. The van der Waals surface area contributed by atoms with Crippen molar-refractivity contribution in [3.8, 4) is 22.3 Å². The summed E-state index contributed by atoms with van der Waals surface area (Å²) < 4.78 is 0. The van der Waals surface area contributed by atoms with E-state index in [4.69, 9.17) is 0 Å². The van der Waals surface area contributed by atoms with Crippen molar-refractivity contribution < 1.29 is 0 Å². The van der Waals surface area contributed by atoms with Gasteiger partial charge in [-0.15, -0.1) is 5.73 Å². The summed E-state index contributed by atoms with van der Waals surface area (Å²) in [6.07, 6.45) is 14.2. The van der Waals surface area contributed by atoms with E-state index in [1.807, 2.05) is 0 Å². The Morgan fingerprint density at radius 2 is 1.21 bits per heavy atom. The van der Waals surface area contributed by atoms with Crippen LogP contribution in [0.15, 0.2) is 151 Å². The highest BCUT2D eigenvalue weighted by Crippen LogP contribution is 2.46. The van der Waals surface area contributed by atoms with Gasteiger partial charge in [-0.1, -0.05) is 128 Å². The average molecular weight is 485 g/mol. The van der Waals surface area contributed by atoms with Gasteiger partial charge in [0, 0.05) is 5.41 Å². The molecule has 7 rings (SSSR count). The van der Waals surface area contributed by atoms with E-state index in [1.165, 1.54) is 60.5 Å². The van der Waals surface area contributed by atoms with E-state index in [9.17, 15) is 0 Å². The molecule has 0 fully saturated rings. The van der Waals surface area contributed by atoms with E-state index >= 15 is 0 Å². The molecule has 180 valence electrons. The maximum atomic E-state index is 3.46. The molecule has 0 saturated heterocycles. The zero-order chi connectivity index (χ0) is 25.5. The molecule has 2 aliphatic carbocycles. The fraction of sp³-hybridized carbons (Fsp3) is 0.0789. The summed E-state index contributed by atoms with van der Waals surface area (Å²) in [5.41, 5.74) is 12.3. The lowest BCUT2D eigenvalue weighted by Gasteiger charge is -2.29. The molecule has 1 atom stereocenters. The van der Waals surface area contributed by atoms with Crippen LogP contribution in [0.25, 0.3) is 49.4 Å². The minimum absolute atomic E-state index is 0.0279. The predicted molar refractivity (Wildman–Crippen MR) is 163 cm³/mol. The van der Waals surface area contributed by atoms with Gasteiger partial charge < -0.3 is 0 Å². The van der Waals surface area contributed by atoms with E-state index in [0.29, 0.717) is 0 Å². The van der Waals surface area contributed by atoms with Gasteiger partial charge in [0.2, 0.25) is 0 Å². The minimum atomic E-state index is -0.0279. The zero-order valence-corrected chi connectivity index (χ0v) is 21.5. The molecule has 0 saturated carbocycles. The van der Waals surface area contributed by atoms with Gasteiger partial charge in [0.25, 0.3) is 0 Å². The number of fused-ring (bicyclic) bond motifs is 3. The van der Waals surface area contributed by atoms with Crippen LogP contribution >= 0.6 is 0 Å². The van der Waals surface area contributed by atoms with Gasteiger partial charge in [-0.05, 0) is 85.1 Å². The summed E-state index contributed by atoms with van der Waals surface area (Å²) >= 11 is 0. The molecule has 0 spiro atoms. The molecule has 5 aromatic carbocycles. The highest BCUT2D eigenvalue weighted by Gasteiger charge is 2.29. The summed E-state index contributed by atoms with van der Waals surface area (Å²) in [5, 5.41) is 5.11. The standard InChI is InChI=1S/C38H28/c1-38-24-12-10-18-30(35(38)21-11-13-25-38)29-22-23-33-34(26-29)37(28-16-6-3-7-17-28)32-20-9-8-19-31(32)36(33)27-14-4-2-5-15-27/h2-9,11-23,25-26H,24H2,1H3. The highest BCUT2D eigenvalue weighted by atomic mass is 14.3. The van der Waals surface area contributed by atoms with Gasteiger partial charge >= 0.3 is 0 Å². The monoisotopic (exact) mass is 484 g/mol. The number of hydrogen-bond donors (Lipinski definition) is 0. The predicted octanol–water partition coefficient (Wildman–Crippen LogP) is 10.3. The zero-order valence-electron chi connectivity index (χ0n) is 21.5. The molecule has 38 heavy (non-hydrogen) atoms. The van der Waals surface area contributed by atoms with Gasteiger partial charge in [0.05, 0.1) is 0 Å². The van der Waals surface area contributed by atoms with Crippen LogP contribution in [-0.2, 0) is 0 Å². The van der Waals surface area contributed by atoms with E-state index in [2.05, 4.69) is 152 Å². The van der Waals surface area contributed by atoms with Crippen molar-refractivity contribution in [2.75, 3.05) is 0 Å². The highest BCUT2D eigenvalue weighted by molar-refractivity contribution is 6.21. The second-order valence-corrected chi connectivity index (χ2v) is 10.5. The third-order valence-corrected chi connectivity index (χ3v) is 8.08. The van der Waals surface area contributed by atoms with Gasteiger partial charge in [-0.3, -0.25) is 0 Å². The topological polar surface area (TPSA) is 0 Å². The Hall–Kier alpha value is -4.64. The molecule has 0 heterocycles. The summed E-state index contributed by atoms with van der Waals surface area (Å²) in [4.78, 5) is 0. The number of rotatable bonds is 3. The molecule has 0 aliphatic heterocycles. The van der Waals surface area contributed by atoms with Gasteiger partial charge in [-0.2, -0.15) is 0 Å². The molecule has 2 aliphatic rings. The van der Waals surface area contributed by atoms with Crippen molar-refractivity contribution >= 4 is 27.1 Å². The van der Waals surface area contributed by atoms with Crippen molar-refractivity contribution in [2.45, 2.75) is 13.3 Å². The smallest absolute Gasteiger partial charge is 0.0153 e. The van der Waals surface area contributed by atoms with E-state index in [0.717, 1.165) is 6.42 Å². The van der Waals surface area contributed by atoms with Crippen molar-refractivity contribution in [3.05, 3.63) is 156 Å².